The van der Waals surface area contributed by atoms with Gasteiger partial charge in [0, 0.05) is 12.7 Å². The highest BCUT2D eigenvalue weighted by molar-refractivity contribution is 5.82. The predicted molar refractivity (Wildman–Crippen MR) is 54.7 cm³/mol. The van der Waals surface area contributed by atoms with Crippen LogP contribution in [0.2, 0.25) is 0 Å². The average molecular weight is 206 g/mol. The van der Waals surface area contributed by atoms with Crippen molar-refractivity contribution < 1.29 is 4.79 Å². The Bertz CT molecular complexity index is 341. The molecule has 0 aliphatic carbocycles. The zero-order valence-corrected chi connectivity index (χ0v) is 8.47. The van der Waals surface area contributed by atoms with E-state index in [4.69, 9.17) is 5.73 Å². The van der Waals surface area contributed by atoms with E-state index in [-0.39, 0.29) is 11.9 Å². The van der Waals surface area contributed by atoms with Gasteiger partial charge in [-0.05, 0) is 18.9 Å². The Balaban J connectivity index is 2.03. The van der Waals surface area contributed by atoms with E-state index in [1.807, 2.05) is 6.07 Å². The third kappa shape index (κ3) is 2.30. The molecule has 2 heterocycles. The first-order valence-electron chi connectivity index (χ1n) is 5.06. The van der Waals surface area contributed by atoms with Crippen LogP contribution in [0.3, 0.4) is 0 Å². The Kier molecular flexibility index (Phi) is 2.91. The molecule has 5 nitrogen and oxygen atoms in total. The van der Waals surface area contributed by atoms with Crippen molar-refractivity contribution in [1.29, 1.82) is 0 Å². The average Bonchev–Trinajstić information content (AvgIpc) is 2.26. The van der Waals surface area contributed by atoms with E-state index in [0.29, 0.717) is 6.54 Å². The standard InChI is InChI=1S/C10H14N4O/c11-9-2-1-5-14(10(9)15)6-8-3-4-12-7-13-8/h3-4,7,9H,1-2,5-6,11H2. The molecule has 1 aliphatic rings. The Morgan fingerprint density at radius 1 is 1.60 bits per heavy atom. The van der Waals surface area contributed by atoms with Crippen LogP contribution in [0.1, 0.15) is 18.5 Å². The molecular formula is C10H14N4O. The van der Waals surface area contributed by atoms with Crippen LogP contribution in [0.15, 0.2) is 18.6 Å². The number of piperidine rings is 1. The van der Waals surface area contributed by atoms with Gasteiger partial charge in [-0.25, -0.2) is 9.97 Å². The molecule has 1 saturated heterocycles. The number of nitrogens with two attached hydrogens (primary N) is 1. The summed E-state index contributed by atoms with van der Waals surface area (Å²) in [7, 11) is 0. The molecule has 80 valence electrons. The second-order valence-corrected chi connectivity index (χ2v) is 3.71. The van der Waals surface area contributed by atoms with Gasteiger partial charge in [0.2, 0.25) is 5.91 Å². The lowest BCUT2D eigenvalue weighted by Gasteiger charge is -2.30. The quantitative estimate of drug-likeness (QED) is 0.735. The normalized spacial score (nSPS) is 21.8. The number of rotatable bonds is 2. The number of nitrogens with zero attached hydrogens (tertiary/aromatic N) is 3. The molecule has 0 radical (unpaired) electrons. The summed E-state index contributed by atoms with van der Waals surface area (Å²) in [5.74, 6) is 0.0277. The summed E-state index contributed by atoms with van der Waals surface area (Å²) in [5, 5.41) is 0. The van der Waals surface area contributed by atoms with Gasteiger partial charge in [0.1, 0.15) is 6.33 Å². The van der Waals surface area contributed by atoms with Gasteiger partial charge in [-0.2, -0.15) is 0 Å². The lowest BCUT2D eigenvalue weighted by molar-refractivity contribution is -0.135. The summed E-state index contributed by atoms with van der Waals surface area (Å²) in [6.07, 6.45) is 4.93. The van der Waals surface area contributed by atoms with Gasteiger partial charge in [0.15, 0.2) is 0 Å². The number of carbonyl (C=O) groups excluding carboxylic acids is 1. The van der Waals surface area contributed by atoms with Gasteiger partial charge in [-0.15, -0.1) is 0 Å². The molecule has 1 fully saturated rings. The molecule has 0 aromatic carbocycles. The second kappa shape index (κ2) is 4.35. The van der Waals surface area contributed by atoms with Crippen molar-refractivity contribution in [3.63, 3.8) is 0 Å². The van der Waals surface area contributed by atoms with Gasteiger partial charge >= 0.3 is 0 Å². The molecule has 2 N–H and O–H groups in total. The largest absolute Gasteiger partial charge is 0.335 e. The number of hydrogen-bond donors (Lipinski definition) is 1. The maximum atomic E-state index is 11.7. The number of likely N-dealkylation sites (tertiary alicyclic amines) is 1. The van der Waals surface area contributed by atoms with Crippen LogP contribution in [0.25, 0.3) is 0 Å². The van der Waals surface area contributed by atoms with Crippen LogP contribution in [-0.4, -0.2) is 33.4 Å². The van der Waals surface area contributed by atoms with Crippen molar-refractivity contribution in [3.8, 4) is 0 Å². The zero-order valence-electron chi connectivity index (χ0n) is 8.47. The van der Waals surface area contributed by atoms with Crippen LogP contribution in [0.4, 0.5) is 0 Å². The van der Waals surface area contributed by atoms with E-state index in [2.05, 4.69) is 9.97 Å². The van der Waals surface area contributed by atoms with E-state index in [9.17, 15) is 4.79 Å². The van der Waals surface area contributed by atoms with Crippen LogP contribution < -0.4 is 5.73 Å². The van der Waals surface area contributed by atoms with E-state index >= 15 is 0 Å². The number of amides is 1. The predicted octanol–water partition coefficient (Wildman–Crippen LogP) is -0.0737. The third-order valence-corrected chi connectivity index (χ3v) is 2.57. The maximum absolute atomic E-state index is 11.7. The summed E-state index contributed by atoms with van der Waals surface area (Å²) >= 11 is 0. The van der Waals surface area contributed by atoms with E-state index in [1.54, 1.807) is 11.1 Å². The minimum atomic E-state index is -0.333. The third-order valence-electron chi connectivity index (χ3n) is 2.57. The van der Waals surface area contributed by atoms with Gasteiger partial charge in [0.05, 0.1) is 18.3 Å². The molecule has 1 amide bonds. The summed E-state index contributed by atoms with van der Waals surface area (Å²) in [5.41, 5.74) is 6.55. The molecule has 0 spiro atoms. The first-order valence-corrected chi connectivity index (χ1v) is 5.06. The highest BCUT2D eigenvalue weighted by atomic mass is 16.2. The molecule has 5 heteroatoms. The molecular weight excluding hydrogens is 192 g/mol. The number of carbonyl (C=O) groups is 1. The number of aromatic nitrogens is 2. The molecule has 1 aromatic heterocycles. The molecule has 0 saturated carbocycles. The first-order chi connectivity index (χ1) is 7.27. The lowest BCUT2D eigenvalue weighted by atomic mass is 10.1. The Hall–Kier alpha value is -1.49. The van der Waals surface area contributed by atoms with Crippen molar-refractivity contribution in [3.05, 3.63) is 24.3 Å². The Labute approximate surface area is 88.3 Å². The van der Waals surface area contributed by atoms with Crippen LogP contribution >= 0.6 is 0 Å². The molecule has 1 atom stereocenters. The monoisotopic (exact) mass is 206 g/mol. The minimum Gasteiger partial charge on any atom is -0.335 e. The highest BCUT2D eigenvalue weighted by Gasteiger charge is 2.25. The van der Waals surface area contributed by atoms with Gasteiger partial charge in [-0.1, -0.05) is 0 Å². The van der Waals surface area contributed by atoms with Crippen LogP contribution in [0, 0.1) is 0 Å². The number of hydrogen-bond acceptors (Lipinski definition) is 4. The minimum absolute atomic E-state index is 0.0277. The van der Waals surface area contributed by atoms with Crippen molar-refractivity contribution >= 4 is 5.91 Å². The second-order valence-electron chi connectivity index (χ2n) is 3.71. The van der Waals surface area contributed by atoms with Gasteiger partial charge in [-0.3, -0.25) is 4.79 Å². The summed E-state index contributed by atoms with van der Waals surface area (Å²) in [4.78, 5) is 21.4. The van der Waals surface area contributed by atoms with Crippen molar-refractivity contribution in [1.82, 2.24) is 14.9 Å². The van der Waals surface area contributed by atoms with Crippen LogP contribution in [0.5, 0.6) is 0 Å². The molecule has 1 aliphatic heterocycles. The fourth-order valence-electron chi connectivity index (χ4n) is 1.73. The van der Waals surface area contributed by atoms with Crippen LogP contribution in [-0.2, 0) is 11.3 Å². The van der Waals surface area contributed by atoms with Gasteiger partial charge < -0.3 is 10.6 Å². The maximum Gasteiger partial charge on any atom is 0.239 e. The Morgan fingerprint density at radius 3 is 3.20 bits per heavy atom. The molecule has 2 rings (SSSR count). The molecule has 15 heavy (non-hydrogen) atoms. The van der Waals surface area contributed by atoms with Crippen molar-refractivity contribution in [2.24, 2.45) is 5.73 Å². The topological polar surface area (TPSA) is 72.1 Å². The SMILES string of the molecule is NC1CCCN(Cc2ccncn2)C1=O. The molecule has 1 aromatic rings. The zero-order chi connectivity index (χ0) is 10.7. The van der Waals surface area contributed by atoms with Crippen molar-refractivity contribution in [2.45, 2.75) is 25.4 Å². The fourth-order valence-corrected chi connectivity index (χ4v) is 1.73. The highest BCUT2D eigenvalue weighted by Crippen LogP contribution is 2.12. The summed E-state index contributed by atoms with van der Waals surface area (Å²) in [6.45, 7) is 1.31. The van der Waals surface area contributed by atoms with E-state index in [1.165, 1.54) is 6.33 Å². The van der Waals surface area contributed by atoms with E-state index < -0.39 is 0 Å². The fraction of sp³-hybridized carbons (Fsp3) is 0.500. The van der Waals surface area contributed by atoms with Crippen molar-refractivity contribution in [2.75, 3.05) is 6.54 Å². The van der Waals surface area contributed by atoms with E-state index in [0.717, 1.165) is 25.1 Å². The Morgan fingerprint density at radius 2 is 2.47 bits per heavy atom. The summed E-state index contributed by atoms with van der Waals surface area (Å²) in [6, 6.07) is 1.48. The lowest BCUT2D eigenvalue weighted by Crippen LogP contribution is -2.47. The molecule has 0 bridgehead atoms. The summed E-state index contributed by atoms with van der Waals surface area (Å²) < 4.78 is 0. The smallest absolute Gasteiger partial charge is 0.239 e. The molecule has 1 unspecified atom stereocenters. The van der Waals surface area contributed by atoms with Gasteiger partial charge in [0.25, 0.3) is 0 Å². The first kappa shape index (κ1) is 10.0.